The van der Waals surface area contributed by atoms with E-state index < -0.39 is 0 Å². The van der Waals surface area contributed by atoms with Gasteiger partial charge in [0.1, 0.15) is 0 Å². The lowest BCUT2D eigenvalue weighted by molar-refractivity contribution is 0.102. The fourth-order valence-corrected chi connectivity index (χ4v) is 3.42. The summed E-state index contributed by atoms with van der Waals surface area (Å²) < 4.78 is 2.31. The van der Waals surface area contributed by atoms with E-state index >= 15 is 0 Å². The summed E-state index contributed by atoms with van der Waals surface area (Å²) in [6.07, 6.45) is 4.19. The molecule has 4 nitrogen and oxygen atoms in total. The van der Waals surface area contributed by atoms with Gasteiger partial charge in [0.25, 0.3) is 0 Å². The van der Waals surface area contributed by atoms with Crippen LogP contribution < -0.4 is 0 Å². The Kier molecular flexibility index (Phi) is 3.85. The quantitative estimate of drug-likeness (QED) is 0.482. The number of aromatic nitrogens is 3. The van der Waals surface area contributed by atoms with Gasteiger partial charge in [-0.05, 0) is 45.7 Å². The minimum absolute atomic E-state index is 0.158. The van der Waals surface area contributed by atoms with Crippen LogP contribution in [0.25, 0.3) is 0 Å². The molecule has 0 unspecified atom stereocenters. The maximum absolute atomic E-state index is 12.4. The van der Waals surface area contributed by atoms with E-state index in [-0.39, 0.29) is 5.78 Å². The number of carbonyl (C=O) groups excluding carboxylic acids is 1. The highest BCUT2D eigenvalue weighted by Gasteiger charge is 2.28. The second kappa shape index (κ2) is 5.64. The number of carbonyl (C=O) groups is 1. The minimum atomic E-state index is 0.158. The lowest BCUT2D eigenvalue weighted by atomic mass is 10.2. The first-order valence-electron chi connectivity index (χ1n) is 7.20. The van der Waals surface area contributed by atoms with Gasteiger partial charge in [-0.15, -0.1) is 0 Å². The Morgan fingerprint density at radius 3 is 2.81 bits per heavy atom. The molecule has 2 heterocycles. The third-order valence-corrected chi connectivity index (χ3v) is 4.66. The third kappa shape index (κ3) is 3.02. The van der Waals surface area contributed by atoms with Crippen molar-refractivity contribution < 1.29 is 4.79 Å². The summed E-state index contributed by atoms with van der Waals surface area (Å²) >= 11 is 1.40. The first-order chi connectivity index (χ1) is 10.1. The zero-order valence-corrected chi connectivity index (χ0v) is 13.4. The van der Waals surface area contributed by atoms with Gasteiger partial charge in [0.05, 0.1) is 5.75 Å². The second-order valence-corrected chi connectivity index (χ2v) is 6.52. The fraction of sp³-hybridized carbons (Fsp3) is 0.438. The lowest BCUT2D eigenvalue weighted by Gasteiger charge is -2.07. The van der Waals surface area contributed by atoms with Gasteiger partial charge in [-0.2, -0.15) is 0 Å². The van der Waals surface area contributed by atoms with Crippen LogP contribution in [0.3, 0.4) is 0 Å². The Morgan fingerprint density at radius 2 is 2.14 bits per heavy atom. The Balaban J connectivity index is 1.72. The molecule has 2 aromatic heterocycles. The smallest absolute Gasteiger partial charge is 0.188 e. The predicted molar refractivity (Wildman–Crippen MR) is 84.0 cm³/mol. The van der Waals surface area contributed by atoms with Gasteiger partial charge >= 0.3 is 0 Å². The van der Waals surface area contributed by atoms with Gasteiger partial charge in [0.2, 0.25) is 0 Å². The van der Waals surface area contributed by atoms with E-state index in [1.165, 1.54) is 30.3 Å². The molecule has 1 fully saturated rings. The molecule has 0 bridgehead atoms. The number of rotatable bonds is 5. The van der Waals surface area contributed by atoms with Crippen molar-refractivity contribution in [1.82, 2.24) is 14.5 Å². The molecule has 21 heavy (non-hydrogen) atoms. The first-order valence-corrected chi connectivity index (χ1v) is 8.19. The molecule has 0 radical (unpaired) electrons. The lowest BCUT2D eigenvalue weighted by Crippen LogP contribution is -2.06. The molecule has 0 atom stereocenters. The number of nitrogens with zero attached hydrogens (tertiary/aromatic N) is 3. The zero-order valence-electron chi connectivity index (χ0n) is 12.6. The molecule has 0 spiro atoms. The van der Waals surface area contributed by atoms with Gasteiger partial charge in [-0.1, -0.05) is 11.8 Å². The molecule has 2 aromatic rings. The summed E-state index contributed by atoms with van der Waals surface area (Å²) in [5.41, 5.74) is 4.06. The summed E-state index contributed by atoms with van der Waals surface area (Å²) in [6, 6.07) is 4.49. The van der Waals surface area contributed by atoms with Crippen molar-refractivity contribution >= 4 is 17.5 Å². The Labute approximate surface area is 129 Å². The molecule has 5 heteroatoms. The average molecular weight is 301 g/mol. The van der Waals surface area contributed by atoms with Crippen LogP contribution in [0.15, 0.2) is 23.5 Å². The number of ketones is 1. The Bertz CT molecular complexity index is 689. The molecule has 0 amide bonds. The van der Waals surface area contributed by atoms with Crippen LogP contribution in [0, 0.1) is 20.8 Å². The van der Waals surface area contributed by atoms with Crippen LogP contribution in [0.4, 0.5) is 0 Å². The van der Waals surface area contributed by atoms with Gasteiger partial charge in [-0.3, -0.25) is 4.79 Å². The van der Waals surface area contributed by atoms with Gasteiger partial charge in [-0.25, -0.2) is 9.97 Å². The van der Waals surface area contributed by atoms with Crippen LogP contribution in [0.2, 0.25) is 0 Å². The van der Waals surface area contributed by atoms with Crippen molar-refractivity contribution in [3.63, 3.8) is 0 Å². The fourth-order valence-electron chi connectivity index (χ4n) is 2.66. The van der Waals surface area contributed by atoms with E-state index in [1.54, 1.807) is 6.20 Å². The topological polar surface area (TPSA) is 47.8 Å². The monoisotopic (exact) mass is 301 g/mol. The summed E-state index contributed by atoms with van der Waals surface area (Å²) in [6.45, 7) is 6.06. The molecule has 0 aromatic carbocycles. The largest absolute Gasteiger partial charge is 0.345 e. The summed E-state index contributed by atoms with van der Waals surface area (Å²) in [5, 5.41) is 0.666. The number of thioether (sulfide) groups is 1. The minimum Gasteiger partial charge on any atom is -0.345 e. The summed E-state index contributed by atoms with van der Waals surface area (Å²) in [4.78, 5) is 20.9. The van der Waals surface area contributed by atoms with Crippen molar-refractivity contribution in [3.05, 3.63) is 41.0 Å². The Morgan fingerprint density at radius 1 is 1.38 bits per heavy atom. The van der Waals surface area contributed by atoms with Crippen molar-refractivity contribution in [2.24, 2.45) is 0 Å². The molecule has 0 saturated heterocycles. The number of hydrogen-bond donors (Lipinski definition) is 0. The van der Waals surface area contributed by atoms with Gasteiger partial charge in [0, 0.05) is 34.9 Å². The maximum Gasteiger partial charge on any atom is 0.188 e. The highest BCUT2D eigenvalue weighted by Crippen LogP contribution is 2.38. The van der Waals surface area contributed by atoms with E-state index in [4.69, 9.17) is 0 Å². The van der Waals surface area contributed by atoms with E-state index in [9.17, 15) is 4.79 Å². The van der Waals surface area contributed by atoms with E-state index in [2.05, 4.69) is 21.5 Å². The average Bonchev–Trinajstić information content (AvgIpc) is 3.22. The first kappa shape index (κ1) is 14.3. The number of hydrogen-bond acceptors (Lipinski definition) is 4. The van der Waals surface area contributed by atoms with Gasteiger partial charge < -0.3 is 4.57 Å². The molecule has 1 aliphatic rings. The molecular formula is C16H19N3OS. The highest BCUT2D eigenvalue weighted by molar-refractivity contribution is 7.99. The van der Waals surface area contributed by atoms with Crippen LogP contribution in [-0.2, 0) is 0 Å². The highest BCUT2D eigenvalue weighted by atomic mass is 32.2. The third-order valence-electron chi connectivity index (χ3n) is 3.80. The molecule has 110 valence electrons. The van der Waals surface area contributed by atoms with Crippen molar-refractivity contribution in [3.8, 4) is 0 Å². The van der Waals surface area contributed by atoms with Crippen LogP contribution in [0.5, 0.6) is 0 Å². The van der Waals surface area contributed by atoms with Crippen LogP contribution >= 0.6 is 11.8 Å². The maximum atomic E-state index is 12.4. The van der Waals surface area contributed by atoms with Gasteiger partial charge in [0.15, 0.2) is 10.9 Å². The molecule has 3 rings (SSSR count). The van der Waals surface area contributed by atoms with E-state index in [0.29, 0.717) is 17.0 Å². The molecule has 1 aliphatic carbocycles. The van der Waals surface area contributed by atoms with E-state index in [0.717, 1.165) is 17.0 Å². The summed E-state index contributed by atoms with van der Waals surface area (Å²) in [5.74, 6) is 0.545. The van der Waals surface area contributed by atoms with E-state index in [1.807, 2.05) is 26.0 Å². The zero-order chi connectivity index (χ0) is 15.0. The molecule has 0 aliphatic heterocycles. The molecular weight excluding hydrogens is 282 g/mol. The second-order valence-electron chi connectivity index (χ2n) is 5.58. The standard InChI is InChI=1S/C16H19N3OS/c1-10-6-7-17-16(18-10)21-9-15(20)14-8-11(2)19(12(14)3)13-4-5-13/h6-8,13H,4-5,9H2,1-3H3. The van der Waals surface area contributed by atoms with Crippen molar-refractivity contribution in [2.45, 2.75) is 44.8 Å². The molecule has 0 N–H and O–H groups in total. The normalized spacial score (nSPS) is 14.4. The van der Waals surface area contributed by atoms with Crippen LogP contribution in [0.1, 0.15) is 46.3 Å². The SMILES string of the molecule is Cc1ccnc(SCC(=O)c2cc(C)n(C3CC3)c2C)n1. The van der Waals surface area contributed by atoms with Crippen molar-refractivity contribution in [1.29, 1.82) is 0 Å². The molecule has 1 saturated carbocycles. The number of aryl methyl sites for hydroxylation is 2. The van der Waals surface area contributed by atoms with Crippen molar-refractivity contribution in [2.75, 3.05) is 5.75 Å². The van der Waals surface area contributed by atoms with Crippen LogP contribution in [-0.4, -0.2) is 26.1 Å². The summed E-state index contributed by atoms with van der Waals surface area (Å²) in [7, 11) is 0. The Hall–Kier alpha value is -1.62. The predicted octanol–water partition coefficient (Wildman–Crippen LogP) is 3.51. The number of Topliss-reactive ketones (excluding diaryl/α,β-unsaturated/α-hetero) is 1.